The Kier molecular flexibility index (Phi) is 8.16. The summed E-state index contributed by atoms with van der Waals surface area (Å²) in [5.74, 6) is -2.60. The van der Waals surface area contributed by atoms with E-state index in [2.05, 4.69) is 20.7 Å². The van der Waals surface area contributed by atoms with Crippen molar-refractivity contribution >= 4 is 46.1 Å². The number of nitrogens with zero attached hydrogens (tertiary/aromatic N) is 2. The molecule has 0 aliphatic rings. The quantitative estimate of drug-likeness (QED) is 0.336. The second-order valence-electron chi connectivity index (χ2n) is 7.17. The number of hydrazine groups is 1. The lowest BCUT2D eigenvalue weighted by Gasteiger charge is -2.26. The maximum Gasteiger partial charge on any atom is 0.268 e. The average molecular weight is 437 g/mol. The molecule has 0 unspecified atom stereocenters. The number of aromatic nitrogens is 2. The summed E-state index contributed by atoms with van der Waals surface area (Å²) in [5.41, 5.74) is 8.56. The number of H-pyrrole nitrogens is 1. The summed E-state index contributed by atoms with van der Waals surface area (Å²) < 4.78 is 0. The number of halogens is 1. The minimum atomic E-state index is -0.916. The van der Waals surface area contributed by atoms with E-state index < -0.39 is 29.7 Å². The molecule has 30 heavy (non-hydrogen) atoms. The van der Waals surface area contributed by atoms with Gasteiger partial charge in [-0.1, -0.05) is 13.8 Å². The summed E-state index contributed by atoms with van der Waals surface area (Å²) >= 11 is 5.57. The van der Waals surface area contributed by atoms with E-state index >= 15 is 0 Å². The number of alkyl halides is 1. The van der Waals surface area contributed by atoms with Gasteiger partial charge >= 0.3 is 0 Å². The van der Waals surface area contributed by atoms with Crippen molar-refractivity contribution in [2.24, 2.45) is 11.7 Å². The summed E-state index contributed by atoms with van der Waals surface area (Å²) in [6.07, 6.45) is 3.41. The van der Waals surface area contributed by atoms with E-state index in [-0.39, 0.29) is 30.5 Å². The lowest BCUT2D eigenvalue weighted by molar-refractivity contribution is -0.141. The summed E-state index contributed by atoms with van der Waals surface area (Å²) in [7, 11) is 0. The largest absolute Gasteiger partial charge is 0.370 e. The number of rotatable bonds is 9. The van der Waals surface area contributed by atoms with Gasteiger partial charge in [-0.15, -0.1) is 11.6 Å². The fraction of sp³-hybridized carbons (Fsp3) is 0.421. The Balaban J connectivity index is 2.13. The molecule has 0 aliphatic carbocycles. The molecule has 2 heterocycles. The van der Waals surface area contributed by atoms with Crippen LogP contribution in [-0.4, -0.2) is 57.1 Å². The van der Waals surface area contributed by atoms with Crippen LogP contribution in [0.5, 0.6) is 0 Å². The van der Waals surface area contributed by atoms with Crippen LogP contribution in [0.4, 0.5) is 0 Å². The Bertz CT molecular complexity index is 896. The van der Waals surface area contributed by atoms with Gasteiger partial charge in [-0.2, -0.15) is 0 Å². The standard InChI is InChI=1S/C19H25ClN6O4/c1-11(2)7-14(19(30)25-26(17(28)9-20)6-4-16(21)27)24-18(29)15-8-12-10-22-5-3-13(12)23-15/h3,5,8,10-11,14,23H,4,6-7,9H2,1-2H3,(H2,21,27)(H,24,29)(H,25,30)/t14-/m1/s1. The zero-order chi connectivity index (χ0) is 22.3. The van der Waals surface area contributed by atoms with Gasteiger partial charge in [-0.05, 0) is 24.5 Å². The van der Waals surface area contributed by atoms with Crippen LogP contribution in [0, 0.1) is 5.92 Å². The number of aromatic amines is 1. The first-order chi connectivity index (χ1) is 14.2. The van der Waals surface area contributed by atoms with E-state index in [4.69, 9.17) is 17.3 Å². The molecule has 0 radical (unpaired) electrons. The normalized spacial score (nSPS) is 11.9. The van der Waals surface area contributed by atoms with Gasteiger partial charge in [0.25, 0.3) is 17.7 Å². The molecular formula is C19H25ClN6O4. The van der Waals surface area contributed by atoms with Crippen LogP contribution in [0.2, 0.25) is 0 Å². The fourth-order valence-corrected chi connectivity index (χ4v) is 2.93. The zero-order valence-electron chi connectivity index (χ0n) is 16.8. The van der Waals surface area contributed by atoms with Gasteiger partial charge in [0.1, 0.15) is 17.6 Å². The summed E-state index contributed by atoms with van der Waals surface area (Å²) in [5, 5.41) is 4.39. The molecule has 0 spiro atoms. The van der Waals surface area contributed by atoms with E-state index in [1.54, 1.807) is 24.5 Å². The van der Waals surface area contributed by atoms with Crippen LogP contribution in [0.3, 0.4) is 0 Å². The summed E-state index contributed by atoms with van der Waals surface area (Å²) in [6, 6.07) is 2.46. The smallest absolute Gasteiger partial charge is 0.268 e. The highest BCUT2D eigenvalue weighted by Crippen LogP contribution is 2.14. The third kappa shape index (κ3) is 6.45. The Morgan fingerprint density at radius 2 is 2.03 bits per heavy atom. The molecule has 0 bridgehead atoms. The molecular weight excluding hydrogens is 412 g/mol. The van der Waals surface area contributed by atoms with Crippen LogP contribution in [0.25, 0.3) is 10.9 Å². The number of nitrogens with one attached hydrogen (secondary N) is 3. The number of carbonyl (C=O) groups is 4. The molecule has 10 nitrogen and oxygen atoms in total. The number of hydrogen-bond acceptors (Lipinski definition) is 5. The summed E-state index contributed by atoms with van der Waals surface area (Å²) in [4.78, 5) is 55.5. The van der Waals surface area contributed by atoms with E-state index in [0.29, 0.717) is 6.42 Å². The topological polar surface area (TPSA) is 150 Å². The molecule has 0 fully saturated rings. The number of primary amides is 1. The molecule has 11 heteroatoms. The van der Waals surface area contributed by atoms with Gasteiger partial charge in [0.15, 0.2) is 0 Å². The minimum absolute atomic E-state index is 0.0794. The van der Waals surface area contributed by atoms with Gasteiger partial charge in [-0.3, -0.25) is 34.6 Å². The van der Waals surface area contributed by atoms with Crippen molar-refractivity contribution in [3.63, 3.8) is 0 Å². The van der Waals surface area contributed by atoms with Crippen LogP contribution in [-0.2, 0) is 14.4 Å². The molecule has 4 amide bonds. The molecule has 0 aromatic carbocycles. The van der Waals surface area contributed by atoms with E-state index in [0.717, 1.165) is 15.9 Å². The van der Waals surface area contributed by atoms with Crippen molar-refractivity contribution < 1.29 is 19.2 Å². The predicted octanol–water partition coefficient (Wildman–Crippen LogP) is 0.681. The lowest BCUT2D eigenvalue weighted by Crippen LogP contribution is -2.55. The number of pyridine rings is 1. The van der Waals surface area contributed by atoms with Crippen molar-refractivity contribution in [2.75, 3.05) is 12.4 Å². The van der Waals surface area contributed by atoms with Crippen molar-refractivity contribution in [2.45, 2.75) is 32.7 Å². The first kappa shape index (κ1) is 23.1. The Hall–Kier alpha value is -3.14. The van der Waals surface area contributed by atoms with E-state index in [9.17, 15) is 19.2 Å². The highest BCUT2D eigenvalue weighted by atomic mass is 35.5. The highest BCUT2D eigenvalue weighted by Gasteiger charge is 2.26. The van der Waals surface area contributed by atoms with Crippen molar-refractivity contribution in [3.8, 4) is 0 Å². The predicted molar refractivity (Wildman–Crippen MR) is 111 cm³/mol. The highest BCUT2D eigenvalue weighted by molar-refractivity contribution is 6.27. The fourth-order valence-electron chi connectivity index (χ4n) is 2.78. The number of hydrogen-bond donors (Lipinski definition) is 4. The second-order valence-corrected chi connectivity index (χ2v) is 7.44. The summed E-state index contributed by atoms with van der Waals surface area (Å²) in [6.45, 7) is 3.68. The maximum atomic E-state index is 12.8. The van der Waals surface area contributed by atoms with E-state index in [1.165, 1.54) is 0 Å². The van der Waals surface area contributed by atoms with Crippen LogP contribution in [0.15, 0.2) is 24.5 Å². The number of nitrogens with two attached hydrogens (primary N) is 1. The minimum Gasteiger partial charge on any atom is -0.370 e. The Labute approximate surface area is 178 Å². The van der Waals surface area contributed by atoms with Gasteiger partial charge in [0.05, 0.1) is 6.54 Å². The molecule has 2 aromatic rings. The van der Waals surface area contributed by atoms with E-state index in [1.807, 2.05) is 13.8 Å². The average Bonchev–Trinajstić information content (AvgIpc) is 3.13. The van der Waals surface area contributed by atoms with Crippen LogP contribution < -0.4 is 16.5 Å². The Morgan fingerprint density at radius 3 is 2.63 bits per heavy atom. The number of amides is 4. The molecule has 0 aliphatic heterocycles. The van der Waals surface area contributed by atoms with Crippen molar-refractivity contribution in [1.29, 1.82) is 0 Å². The molecule has 2 aromatic heterocycles. The van der Waals surface area contributed by atoms with Crippen molar-refractivity contribution in [3.05, 3.63) is 30.2 Å². The SMILES string of the molecule is CC(C)C[C@@H](NC(=O)c1cc2cnccc2[nH]1)C(=O)NN(CCC(N)=O)C(=O)CCl. The van der Waals surface area contributed by atoms with Gasteiger partial charge < -0.3 is 16.0 Å². The molecule has 5 N–H and O–H groups in total. The Morgan fingerprint density at radius 1 is 1.30 bits per heavy atom. The number of carbonyl (C=O) groups excluding carboxylic acids is 4. The molecule has 1 atom stereocenters. The second kappa shape index (κ2) is 10.6. The number of fused-ring (bicyclic) bond motifs is 1. The lowest BCUT2D eigenvalue weighted by atomic mass is 10.0. The molecule has 2 rings (SSSR count). The molecule has 0 saturated carbocycles. The van der Waals surface area contributed by atoms with Crippen LogP contribution >= 0.6 is 11.6 Å². The van der Waals surface area contributed by atoms with Gasteiger partial charge in [0.2, 0.25) is 5.91 Å². The first-order valence-electron chi connectivity index (χ1n) is 9.40. The molecule has 162 valence electrons. The van der Waals surface area contributed by atoms with Gasteiger partial charge in [0, 0.05) is 29.7 Å². The monoisotopic (exact) mass is 436 g/mol. The van der Waals surface area contributed by atoms with Gasteiger partial charge in [-0.25, -0.2) is 0 Å². The third-order valence-electron chi connectivity index (χ3n) is 4.24. The first-order valence-corrected chi connectivity index (χ1v) is 9.93. The van der Waals surface area contributed by atoms with Crippen LogP contribution in [0.1, 0.15) is 37.2 Å². The zero-order valence-corrected chi connectivity index (χ0v) is 17.5. The maximum absolute atomic E-state index is 12.8. The molecule has 0 saturated heterocycles. The van der Waals surface area contributed by atoms with Crippen molar-refractivity contribution in [1.82, 2.24) is 25.7 Å². The third-order valence-corrected chi connectivity index (χ3v) is 4.47.